The number of pyridine rings is 2. The molecule has 9 rings (SSSR count). The van der Waals surface area contributed by atoms with Gasteiger partial charge in [0.15, 0.2) is 0 Å². The molecule has 15 nitrogen and oxygen atoms in total. The van der Waals surface area contributed by atoms with Gasteiger partial charge >= 0.3 is 6.18 Å². The second kappa shape index (κ2) is 18.4. The van der Waals surface area contributed by atoms with Gasteiger partial charge in [-0.15, -0.1) is 0 Å². The number of piperidine rings is 1. The van der Waals surface area contributed by atoms with Crippen LogP contribution in [0.4, 0.5) is 30.2 Å². The van der Waals surface area contributed by atoms with Crippen LogP contribution in [-0.4, -0.2) is 108 Å². The summed E-state index contributed by atoms with van der Waals surface area (Å²) in [5.41, 5.74) is 5.52. The van der Waals surface area contributed by atoms with Crippen molar-refractivity contribution in [2.24, 2.45) is 0 Å². The van der Waals surface area contributed by atoms with Crippen molar-refractivity contribution in [2.75, 3.05) is 67.6 Å². The molecular weight excluding hydrogens is 858 g/mol. The minimum absolute atomic E-state index is 0.0647. The molecule has 3 fully saturated rings. The number of nitrogens with one attached hydrogen (secondary N) is 2. The number of piperazine rings is 1. The number of hydrogen-bond donors (Lipinski definition) is 2. The third-order valence-corrected chi connectivity index (χ3v) is 12.3. The van der Waals surface area contributed by atoms with Gasteiger partial charge in [-0.25, -0.2) is 4.98 Å². The first-order valence-corrected chi connectivity index (χ1v) is 21.6. The molecule has 4 aliphatic rings. The monoisotopic (exact) mass is 902 g/mol. The predicted molar refractivity (Wildman–Crippen MR) is 236 cm³/mol. The van der Waals surface area contributed by atoms with E-state index < -0.39 is 47.3 Å². The van der Waals surface area contributed by atoms with Gasteiger partial charge in [0.2, 0.25) is 17.7 Å². The van der Waals surface area contributed by atoms with Crippen molar-refractivity contribution < 1.29 is 46.6 Å². The summed E-state index contributed by atoms with van der Waals surface area (Å²) in [6.45, 7) is 8.09. The minimum Gasteiger partial charge on any atom is -0.471 e. The molecule has 340 valence electrons. The van der Waals surface area contributed by atoms with Gasteiger partial charge in [-0.1, -0.05) is 30.3 Å². The van der Waals surface area contributed by atoms with E-state index in [-0.39, 0.29) is 36.1 Å². The van der Waals surface area contributed by atoms with Gasteiger partial charge in [0, 0.05) is 86.5 Å². The molecule has 5 aromatic rings. The molecular formula is C48H45F3N8O7. The molecule has 1 atom stereocenters. The summed E-state index contributed by atoms with van der Waals surface area (Å²) in [5.74, 6) is -2.35. The van der Waals surface area contributed by atoms with Gasteiger partial charge in [0.1, 0.15) is 18.3 Å². The largest absolute Gasteiger partial charge is 0.471 e. The van der Waals surface area contributed by atoms with Crippen LogP contribution >= 0.6 is 0 Å². The van der Waals surface area contributed by atoms with Crippen LogP contribution in [0.1, 0.15) is 66.3 Å². The summed E-state index contributed by atoms with van der Waals surface area (Å²) in [5, 5.41) is 4.90. The molecule has 4 aliphatic heterocycles. The van der Waals surface area contributed by atoms with Crippen LogP contribution in [0.2, 0.25) is 0 Å². The van der Waals surface area contributed by atoms with E-state index in [1.807, 2.05) is 31.2 Å². The fraction of sp³-hybridized carbons (Fsp3) is 0.312. The Kier molecular flexibility index (Phi) is 12.3. The maximum atomic E-state index is 13.4. The number of imide groups is 2. The van der Waals surface area contributed by atoms with E-state index in [2.05, 4.69) is 42.5 Å². The zero-order valence-electron chi connectivity index (χ0n) is 35.9. The number of rotatable bonds is 11. The molecule has 3 aromatic carbocycles. The number of ether oxygens (including phenoxy) is 2. The zero-order chi connectivity index (χ0) is 46.1. The number of halogens is 3. The molecule has 5 amide bonds. The minimum atomic E-state index is -4.58. The van der Waals surface area contributed by atoms with Crippen LogP contribution in [0, 0.1) is 6.92 Å². The first kappa shape index (κ1) is 44.0. The van der Waals surface area contributed by atoms with E-state index in [1.165, 1.54) is 18.3 Å². The number of carbonyl (C=O) groups is 5. The van der Waals surface area contributed by atoms with Gasteiger partial charge in [0.05, 0.1) is 41.8 Å². The number of aryl methyl sites for hydroxylation is 1. The molecule has 0 saturated carbocycles. The maximum absolute atomic E-state index is 13.4. The number of carbonyl (C=O) groups excluding carboxylic acids is 5. The smallest absolute Gasteiger partial charge is 0.416 e. The van der Waals surface area contributed by atoms with Crippen molar-refractivity contribution in [3.05, 3.63) is 130 Å². The lowest BCUT2D eigenvalue weighted by Gasteiger charge is -2.36. The standard InChI is InChI=1S/C48H45F3N8O7/c1-29-38(23-35(26-52-29)54-43(61)32-3-2-4-34(21-32)48(49,50)51)33-22-41(58-17-19-65-20-18-58)45(53-25-33)66-28-31-7-5-30(6-8-31)27-56-13-15-57(16-14-56)36-9-10-37-39(24-36)47(64)59(46(37)63)40-11-12-42(60)55-44(40)62/h2-10,21-26,40H,11-20,27-28H2,1H3,(H,54,61)(H,55,60,62)/t40-/m0/s1. The highest BCUT2D eigenvalue weighted by Gasteiger charge is 2.45. The Morgan fingerprint density at radius 2 is 1.56 bits per heavy atom. The van der Waals surface area contributed by atoms with E-state index in [0.29, 0.717) is 67.8 Å². The fourth-order valence-electron chi connectivity index (χ4n) is 8.63. The Morgan fingerprint density at radius 1 is 0.818 bits per heavy atom. The van der Waals surface area contributed by atoms with E-state index in [9.17, 15) is 37.1 Å². The SMILES string of the molecule is Cc1ncc(NC(=O)c2cccc(C(F)(F)F)c2)cc1-c1cnc(OCc2ccc(CN3CCN(c4ccc5c(c4)C(=O)N([C@H]4CCC(=O)NC4=O)C5=O)CC3)cc2)c(N2CCOCC2)c1. The highest BCUT2D eigenvalue weighted by molar-refractivity contribution is 6.23. The molecule has 18 heteroatoms. The number of amides is 5. The molecule has 2 aromatic heterocycles. The maximum Gasteiger partial charge on any atom is 0.416 e. The van der Waals surface area contributed by atoms with Crippen LogP contribution in [-0.2, 0) is 33.7 Å². The van der Waals surface area contributed by atoms with Crippen molar-refractivity contribution >= 4 is 46.6 Å². The quantitative estimate of drug-likeness (QED) is 0.152. The Bertz CT molecular complexity index is 2720. The zero-order valence-corrected chi connectivity index (χ0v) is 35.9. The third kappa shape index (κ3) is 9.32. The molecule has 0 bridgehead atoms. The molecule has 66 heavy (non-hydrogen) atoms. The Balaban J connectivity index is 0.816. The van der Waals surface area contributed by atoms with Crippen LogP contribution in [0.5, 0.6) is 5.88 Å². The second-order valence-electron chi connectivity index (χ2n) is 16.6. The van der Waals surface area contributed by atoms with Gasteiger partial charge in [-0.05, 0) is 73.0 Å². The summed E-state index contributed by atoms with van der Waals surface area (Å²) in [6.07, 6.45) is -1.28. The number of nitrogens with zero attached hydrogens (tertiary/aromatic N) is 6. The fourth-order valence-corrected chi connectivity index (χ4v) is 8.63. The highest BCUT2D eigenvalue weighted by atomic mass is 19.4. The van der Waals surface area contributed by atoms with Crippen molar-refractivity contribution in [1.29, 1.82) is 0 Å². The van der Waals surface area contributed by atoms with Crippen LogP contribution in [0.15, 0.2) is 91.3 Å². The average molecular weight is 903 g/mol. The number of anilines is 3. The normalized spacial score (nSPS) is 18.1. The topological polar surface area (TPSA) is 167 Å². The Labute approximate surface area is 377 Å². The van der Waals surface area contributed by atoms with Gasteiger partial charge < -0.3 is 24.6 Å². The van der Waals surface area contributed by atoms with Crippen LogP contribution in [0.3, 0.4) is 0 Å². The van der Waals surface area contributed by atoms with Gasteiger partial charge in [0.25, 0.3) is 17.7 Å². The molecule has 6 heterocycles. The second-order valence-corrected chi connectivity index (χ2v) is 16.6. The molecule has 3 saturated heterocycles. The molecule has 0 spiro atoms. The molecule has 2 N–H and O–H groups in total. The van der Waals surface area contributed by atoms with Crippen molar-refractivity contribution in [3.63, 3.8) is 0 Å². The van der Waals surface area contributed by atoms with E-state index in [1.54, 1.807) is 24.4 Å². The van der Waals surface area contributed by atoms with Crippen LogP contribution in [0.25, 0.3) is 11.1 Å². The number of benzene rings is 3. The average Bonchev–Trinajstić information content (AvgIpc) is 3.57. The van der Waals surface area contributed by atoms with Crippen LogP contribution < -0.4 is 25.2 Å². The van der Waals surface area contributed by atoms with E-state index in [0.717, 1.165) is 59.2 Å². The lowest BCUT2D eigenvalue weighted by molar-refractivity contribution is -0.138. The van der Waals surface area contributed by atoms with Crippen molar-refractivity contribution in [1.82, 2.24) is 25.1 Å². The number of hydrogen-bond acceptors (Lipinski definition) is 12. The Morgan fingerprint density at radius 3 is 2.30 bits per heavy atom. The van der Waals surface area contributed by atoms with Gasteiger partial charge in [-0.3, -0.25) is 44.1 Å². The predicted octanol–water partition coefficient (Wildman–Crippen LogP) is 5.86. The molecule has 0 aliphatic carbocycles. The number of morpholine rings is 1. The first-order valence-electron chi connectivity index (χ1n) is 21.6. The third-order valence-electron chi connectivity index (χ3n) is 12.3. The first-order chi connectivity index (χ1) is 31.8. The van der Waals surface area contributed by atoms with Crippen molar-refractivity contribution in [2.45, 2.75) is 45.1 Å². The van der Waals surface area contributed by atoms with E-state index >= 15 is 0 Å². The molecule has 0 unspecified atom stereocenters. The Hall–Kier alpha value is -7.18. The summed E-state index contributed by atoms with van der Waals surface area (Å²) in [7, 11) is 0. The summed E-state index contributed by atoms with van der Waals surface area (Å²) in [4.78, 5) is 80.5. The van der Waals surface area contributed by atoms with E-state index in [4.69, 9.17) is 14.5 Å². The summed E-state index contributed by atoms with van der Waals surface area (Å²) < 4.78 is 51.9. The number of alkyl halides is 3. The lowest BCUT2D eigenvalue weighted by Crippen LogP contribution is -2.54. The van der Waals surface area contributed by atoms with Gasteiger partial charge in [-0.2, -0.15) is 13.2 Å². The highest BCUT2D eigenvalue weighted by Crippen LogP contribution is 2.36. The summed E-state index contributed by atoms with van der Waals surface area (Å²) in [6, 6.07) is 20.3. The lowest BCUT2D eigenvalue weighted by atomic mass is 10.0. The molecule has 0 radical (unpaired) electrons. The number of aromatic nitrogens is 2. The van der Waals surface area contributed by atoms with Crippen molar-refractivity contribution in [3.8, 4) is 17.0 Å². The number of fused-ring (bicyclic) bond motifs is 1. The summed E-state index contributed by atoms with van der Waals surface area (Å²) >= 11 is 0.